The number of pyridine rings is 2. The maximum Gasteiger partial charge on any atom is 0.214 e. The predicted octanol–water partition coefficient (Wildman–Crippen LogP) is 4.17. The van der Waals surface area contributed by atoms with E-state index in [1.807, 2.05) is 6.07 Å². The van der Waals surface area contributed by atoms with E-state index < -0.39 is 0 Å². The van der Waals surface area contributed by atoms with Crippen LogP contribution in [0.2, 0.25) is 0 Å². The number of benzene rings is 1. The van der Waals surface area contributed by atoms with Crippen molar-refractivity contribution in [3.8, 4) is 22.5 Å². The number of nitrogens with zero attached hydrogens (tertiary/aromatic N) is 2. The maximum absolute atomic E-state index is 4.87. The van der Waals surface area contributed by atoms with E-state index in [2.05, 4.69) is 81.0 Å². The lowest BCUT2D eigenvalue weighted by molar-refractivity contribution is -0.660. The summed E-state index contributed by atoms with van der Waals surface area (Å²) in [5, 5.41) is 0. The van der Waals surface area contributed by atoms with Crippen molar-refractivity contribution >= 4 is 0 Å². The zero-order chi connectivity index (χ0) is 15.7. The third-order valence-electron chi connectivity index (χ3n) is 4.13. The molecular weight excluding hydrogens is 268 g/mol. The van der Waals surface area contributed by atoms with Gasteiger partial charge in [0.15, 0.2) is 6.20 Å². The molecule has 110 valence electrons. The summed E-state index contributed by atoms with van der Waals surface area (Å²) in [6, 6.07) is 16.9. The molecule has 0 aliphatic rings. The van der Waals surface area contributed by atoms with Gasteiger partial charge in [0.2, 0.25) is 5.69 Å². The first-order chi connectivity index (χ1) is 10.6. The minimum absolute atomic E-state index is 1.05. The van der Waals surface area contributed by atoms with Crippen LogP contribution in [0.5, 0.6) is 0 Å². The lowest BCUT2D eigenvalue weighted by Gasteiger charge is -2.12. The molecule has 0 saturated carbocycles. The first-order valence-corrected chi connectivity index (χ1v) is 7.57. The van der Waals surface area contributed by atoms with Crippen LogP contribution in [-0.2, 0) is 7.05 Å². The van der Waals surface area contributed by atoms with Crippen LogP contribution in [0.3, 0.4) is 0 Å². The second-order valence-electron chi connectivity index (χ2n) is 5.80. The molecule has 0 fully saturated rings. The number of aromatic nitrogens is 2. The monoisotopic (exact) mass is 289 g/mol. The normalized spacial score (nSPS) is 10.7. The van der Waals surface area contributed by atoms with Crippen LogP contribution in [0, 0.1) is 20.8 Å². The summed E-state index contributed by atoms with van der Waals surface area (Å²) in [5.74, 6) is 0. The number of rotatable bonds is 2. The van der Waals surface area contributed by atoms with E-state index in [4.69, 9.17) is 4.98 Å². The highest BCUT2D eigenvalue weighted by Gasteiger charge is 2.17. The van der Waals surface area contributed by atoms with E-state index in [0.29, 0.717) is 0 Å². The average Bonchev–Trinajstić information content (AvgIpc) is 2.49. The summed E-state index contributed by atoms with van der Waals surface area (Å²) in [6.45, 7) is 6.39. The molecule has 2 heterocycles. The van der Waals surface area contributed by atoms with E-state index in [9.17, 15) is 0 Å². The summed E-state index contributed by atoms with van der Waals surface area (Å²) in [5.41, 5.74) is 8.26. The lowest BCUT2D eigenvalue weighted by atomic mass is 9.98. The Morgan fingerprint density at radius 3 is 2.27 bits per heavy atom. The van der Waals surface area contributed by atoms with Crippen molar-refractivity contribution in [3.63, 3.8) is 0 Å². The van der Waals surface area contributed by atoms with E-state index in [0.717, 1.165) is 11.4 Å². The quantitative estimate of drug-likeness (QED) is 0.647. The molecule has 0 radical (unpaired) electrons. The van der Waals surface area contributed by atoms with Gasteiger partial charge in [-0.3, -0.25) is 4.98 Å². The smallest absolute Gasteiger partial charge is 0.214 e. The first-order valence-electron chi connectivity index (χ1n) is 7.57. The van der Waals surface area contributed by atoms with Crippen LogP contribution >= 0.6 is 0 Å². The Balaban J connectivity index is 2.18. The summed E-state index contributed by atoms with van der Waals surface area (Å²) in [6.07, 6.45) is 2.07. The molecule has 0 N–H and O–H groups in total. The largest absolute Gasteiger partial charge is 0.252 e. The summed E-state index contributed by atoms with van der Waals surface area (Å²) in [4.78, 5) is 4.87. The minimum Gasteiger partial charge on any atom is -0.252 e. The van der Waals surface area contributed by atoms with E-state index in [1.165, 1.54) is 27.9 Å². The van der Waals surface area contributed by atoms with E-state index in [-0.39, 0.29) is 0 Å². The number of aryl methyl sites for hydroxylation is 4. The highest BCUT2D eigenvalue weighted by Crippen LogP contribution is 2.29. The van der Waals surface area contributed by atoms with Crippen molar-refractivity contribution in [1.82, 2.24) is 4.98 Å². The van der Waals surface area contributed by atoms with Gasteiger partial charge in [0.1, 0.15) is 7.05 Å². The van der Waals surface area contributed by atoms with Crippen molar-refractivity contribution < 1.29 is 4.57 Å². The highest BCUT2D eigenvalue weighted by molar-refractivity contribution is 5.71. The minimum atomic E-state index is 1.05. The molecular formula is C20H21N2+. The predicted molar refractivity (Wildman–Crippen MR) is 90.5 cm³/mol. The molecule has 0 atom stereocenters. The molecule has 2 aromatic heterocycles. The Kier molecular flexibility index (Phi) is 3.76. The van der Waals surface area contributed by atoms with Gasteiger partial charge in [-0.25, -0.2) is 4.57 Å². The molecule has 3 aromatic rings. The van der Waals surface area contributed by atoms with Gasteiger partial charge in [0.25, 0.3) is 0 Å². The molecule has 0 spiro atoms. The molecule has 0 bridgehead atoms. The summed E-state index contributed by atoms with van der Waals surface area (Å²) < 4.78 is 2.14. The fourth-order valence-corrected chi connectivity index (χ4v) is 3.00. The maximum atomic E-state index is 4.87. The Bertz CT molecular complexity index is 812. The van der Waals surface area contributed by atoms with Gasteiger partial charge < -0.3 is 0 Å². The van der Waals surface area contributed by atoms with Gasteiger partial charge in [-0.1, -0.05) is 24.3 Å². The van der Waals surface area contributed by atoms with Crippen LogP contribution in [0.4, 0.5) is 0 Å². The molecule has 2 nitrogen and oxygen atoms in total. The average molecular weight is 289 g/mol. The van der Waals surface area contributed by atoms with Gasteiger partial charge in [-0.05, 0) is 44.0 Å². The lowest BCUT2D eigenvalue weighted by Crippen LogP contribution is -2.30. The van der Waals surface area contributed by atoms with Gasteiger partial charge in [-0.15, -0.1) is 0 Å². The molecule has 0 amide bonds. The van der Waals surface area contributed by atoms with Crippen molar-refractivity contribution in [2.24, 2.45) is 7.05 Å². The fraction of sp³-hybridized carbons (Fsp3) is 0.200. The fourth-order valence-electron chi connectivity index (χ4n) is 3.00. The molecule has 3 rings (SSSR count). The van der Waals surface area contributed by atoms with E-state index in [1.54, 1.807) is 0 Å². The molecule has 0 unspecified atom stereocenters. The van der Waals surface area contributed by atoms with Crippen LogP contribution < -0.4 is 4.57 Å². The number of hydrogen-bond donors (Lipinski definition) is 0. The second kappa shape index (κ2) is 5.72. The van der Waals surface area contributed by atoms with Crippen molar-refractivity contribution in [3.05, 3.63) is 71.5 Å². The van der Waals surface area contributed by atoms with Gasteiger partial charge in [0, 0.05) is 17.7 Å². The van der Waals surface area contributed by atoms with Crippen molar-refractivity contribution in [1.29, 1.82) is 0 Å². The molecule has 1 aromatic carbocycles. The number of hydrogen-bond acceptors (Lipinski definition) is 1. The summed E-state index contributed by atoms with van der Waals surface area (Å²) >= 11 is 0. The highest BCUT2D eigenvalue weighted by atomic mass is 14.9. The van der Waals surface area contributed by atoms with E-state index >= 15 is 0 Å². The zero-order valence-electron chi connectivity index (χ0n) is 13.6. The molecule has 0 aliphatic carbocycles. The third kappa shape index (κ3) is 2.52. The summed E-state index contributed by atoms with van der Waals surface area (Å²) in [7, 11) is 2.07. The second-order valence-corrected chi connectivity index (χ2v) is 5.80. The van der Waals surface area contributed by atoms with Crippen LogP contribution in [0.25, 0.3) is 22.5 Å². The Morgan fingerprint density at radius 1 is 0.864 bits per heavy atom. The topological polar surface area (TPSA) is 16.8 Å². The van der Waals surface area contributed by atoms with Gasteiger partial charge in [-0.2, -0.15) is 0 Å². The standard InChI is InChI=1S/C20H21N2/c1-14-9-5-6-10-17(14)18-13-15(2)20(16(3)21-18)19-11-7-8-12-22(19)4/h5-13H,1-4H3/q+1. The van der Waals surface area contributed by atoms with Crippen LogP contribution in [-0.4, -0.2) is 4.98 Å². The first kappa shape index (κ1) is 14.5. The van der Waals surface area contributed by atoms with Crippen LogP contribution in [0.1, 0.15) is 16.8 Å². The Hall–Kier alpha value is -2.48. The Labute approximate surface area is 132 Å². The molecule has 2 heteroatoms. The molecule has 0 saturated heterocycles. The zero-order valence-corrected chi connectivity index (χ0v) is 13.6. The van der Waals surface area contributed by atoms with Crippen molar-refractivity contribution in [2.75, 3.05) is 0 Å². The SMILES string of the molecule is Cc1ccccc1-c1cc(C)c(-c2cccc[n+]2C)c(C)n1. The van der Waals surface area contributed by atoms with Crippen molar-refractivity contribution in [2.45, 2.75) is 20.8 Å². The molecule has 22 heavy (non-hydrogen) atoms. The molecule has 0 aliphatic heterocycles. The van der Waals surface area contributed by atoms with Gasteiger partial charge in [0.05, 0.1) is 17.0 Å². The Morgan fingerprint density at radius 2 is 1.59 bits per heavy atom. The van der Waals surface area contributed by atoms with Gasteiger partial charge >= 0.3 is 0 Å². The third-order valence-corrected chi connectivity index (χ3v) is 4.13. The van der Waals surface area contributed by atoms with Crippen LogP contribution in [0.15, 0.2) is 54.7 Å².